The van der Waals surface area contributed by atoms with Gasteiger partial charge in [0.25, 0.3) is 0 Å². The van der Waals surface area contributed by atoms with Crippen molar-refractivity contribution in [1.82, 2.24) is 14.7 Å². The fourth-order valence-electron chi connectivity index (χ4n) is 3.20. The SMILES string of the molecule is CCN(CC)C1=C(C)S(=O)(=O)C(C)=C(N(CC)CC)N1C(C)C. The summed E-state index contributed by atoms with van der Waals surface area (Å²) in [5.41, 5.74) is 0. The molecule has 0 aromatic carbocycles. The Balaban J connectivity index is 3.73. The third-order valence-corrected chi connectivity index (χ3v) is 6.51. The minimum absolute atomic E-state index is 0.182. The number of allylic oxidation sites excluding steroid dienone is 2. The van der Waals surface area contributed by atoms with E-state index in [1.54, 1.807) is 13.8 Å². The lowest BCUT2D eigenvalue weighted by Gasteiger charge is -2.46. The second-order valence-electron chi connectivity index (χ2n) is 6.07. The lowest BCUT2D eigenvalue weighted by molar-refractivity contribution is 0.163. The molecule has 0 amide bonds. The van der Waals surface area contributed by atoms with Crippen molar-refractivity contribution in [2.75, 3.05) is 26.2 Å². The van der Waals surface area contributed by atoms with Crippen molar-refractivity contribution in [3.8, 4) is 0 Å². The first kappa shape index (κ1) is 19.9. The predicted octanol–water partition coefficient (Wildman–Crippen LogP) is 3.19. The summed E-state index contributed by atoms with van der Waals surface area (Å²) in [5.74, 6) is 1.66. The van der Waals surface area contributed by atoms with E-state index in [9.17, 15) is 8.42 Å². The van der Waals surface area contributed by atoms with Crippen LogP contribution in [0.5, 0.6) is 0 Å². The highest BCUT2D eigenvalue weighted by atomic mass is 32.2. The van der Waals surface area contributed by atoms with Gasteiger partial charge in [0.1, 0.15) is 11.6 Å². The summed E-state index contributed by atoms with van der Waals surface area (Å²) in [4.78, 5) is 7.41. The second kappa shape index (κ2) is 7.60. The normalized spacial score (nSPS) is 18.0. The van der Waals surface area contributed by atoms with Gasteiger partial charge in [0.15, 0.2) is 0 Å². The standard InChI is InChI=1S/C17H33N3O2S/c1-9-18(10-2)16-14(7)23(21,22)15(8)17(19(11-3)12-4)20(16)13(5)6/h13H,9-12H2,1-8H3. The minimum Gasteiger partial charge on any atom is -0.358 e. The third-order valence-electron chi connectivity index (χ3n) is 4.53. The van der Waals surface area contributed by atoms with Crippen LogP contribution in [-0.4, -0.2) is 55.3 Å². The van der Waals surface area contributed by atoms with Crippen LogP contribution in [0.15, 0.2) is 21.5 Å². The molecule has 0 spiro atoms. The molecule has 0 aromatic rings. The summed E-state index contributed by atoms with van der Waals surface area (Å²) in [6.45, 7) is 19.1. The van der Waals surface area contributed by atoms with Crippen molar-refractivity contribution >= 4 is 9.84 Å². The summed E-state index contributed by atoms with van der Waals surface area (Å²) in [5, 5.41) is 0. The first-order valence-electron chi connectivity index (χ1n) is 8.64. The van der Waals surface area contributed by atoms with Gasteiger partial charge in [0, 0.05) is 32.2 Å². The number of hydrogen-bond donors (Lipinski definition) is 0. The van der Waals surface area contributed by atoms with Gasteiger partial charge in [-0.15, -0.1) is 0 Å². The van der Waals surface area contributed by atoms with Crippen molar-refractivity contribution < 1.29 is 8.42 Å². The van der Waals surface area contributed by atoms with E-state index < -0.39 is 9.84 Å². The molecular formula is C17H33N3O2S. The van der Waals surface area contributed by atoms with Crippen molar-refractivity contribution in [2.24, 2.45) is 0 Å². The average molecular weight is 344 g/mol. The van der Waals surface area contributed by atoms with Gasteiger partial charge in [-0.05, 0) is 55.4 Å². The molecule has 134 valence electrons. The zero-order valence-electron chi connectivity index (χ0n) is 16.0. The van der Waals surface area contributed by atoms with Crippen LogP contribution in [0.25, 0.3) is 0 Å². The summed E-state index contributed by atoms with van der Waals surface area (Å²) in [6, 6.07) is 0.182. The van der Waals surface area contributed by atoms with Crippen molar-refractivity contribution in [3.05, 3.63) is 21.5 Å². The first-order valence-corrected chi connectivity index (χ1v) is 10.1. The van der Waals surface area contributed by atoms with E-state index in [0.29, 0.717) is 9.81 Å². The molecule has 0 fully saturated rings. The maximum Gasteiger partial charge on any atom is 0.205 e. The van der Waals surface area contributed by atoms with E-state index in [0.717, 1.165) is 37.8 Å². The molecule has 1 aliphatic rings. The Labute approximate surface area is 142 Å². The highest BCUT2D eigenvalue weighted by Gasteiger charge is 2.38. The van der Waals surface area contributed by atoms with Crippen LogP contribution in [0, 0.1) is 0 Å². The van der Waals surface area contributed by atoms with E-state index in [4.69, 9.17) is 0 Å². The fourth-order valence-corrected chi connectivity index (χ4v) is 4.59. The summed E-state index contributed by atoms with van der Waals surface area (Å²) >= 11 is 0. The van der Waals surface area contributed by atoms with Gasteiger partial charge in [-0.2, -0.15) is 0 Å². The molecule has 6 heteroatoms. The maximum absolute atomic E-state index is 13.0. The van der Waals surface area contributed by atoms with Gasteiger partial charge in [-0.3, -0.25) is 0 Å². The molecular weight excluding hydrogens is 310 g/mol. The molecule has 1 heterocycles. The zero-order chi connectivity index (χ0) is 17.9. The van der Waals surface area contributed by atoms with Gasteiger partial charge < -0.3 is 14.7 Å². The van der Waals surface area contributed by atoms with Crippen LogP contribution >= 0.6 is 0 Å². The van der Waals surface area contributed by atoms with Gasteiger partial charge in [0.2, 0.25) is 9.84 Å². The van der Waals surface area contributed by atoms with Crippen molar-refractivity contribution in [1.29, 1.82) is 0 Å². The summed E-state index contributed by atoms with van der Waals surface area (Å²) < 4.78 is 26.0. The Morgan fingerprint density at radius 1 is 0.826 bits per heavy atom. The molecule has 0 bridgehead atoms. The van der Waals surface area contributed by atoms with Crippen LogP contribution < -0.4 is 0 Å². The summed E-state index contributed by atoms with van der Waals surface area (Å²) in [6.07, 6.45) is 0. The predicted molar refractivity (Wildman–Crippen MR) is 97.1 cm³/mol. The molecule has 23 heavy (non-hydrogen) atoms. The number of sulfone groups is 1. The molecule has 0 saturated carbocycles. The molecule has 5 nitrogen and oxygen atoms in total. The van der Waals surface area contributed by atoms with E-state index in [1.165, 1.54) is 0 Å². The molecule has 0 aliphatic carbocycles. The van der Waals surface area contributed by atoms with Crippen molar-refractivity contribution in [2.45, 2.75) is 61.4 Å². The van der Waals surface area contributed by atoms with Crippen LogP contribution in [0.2, 0.25) is 0 Å². The smallest absolute Gasteiger partial charge is 0.205 e. The molecule has 0 N–H and O–H groups in total. The van der Waals surface area contributed by atoms with Gasteiger partial charge in [0.05, 0.1) is 9.81 Å². The Morgan fingerprint density at radius 3 is 1.35 bits per heavy atom. The van der Waals surface area contributed by atoms with Crippen LogP contribution in [0.4, 0.5) is 0 Å². The average Bonchev–Trinajstić information content (AvgIpc) is 2.51. The monoisotopic (exact) mass is 343 g/mol. The van der Waals surface area contributed by atoms with Crippen molar-refractivity contribution in [3.63, 3.8) is 0 Å². The van der Waals surface area contributed by atoms with Crippen LogP contribution in [-0.2, 0) is 9.84 Å². The fraction of sp³-hybridized carbons (Fsp3) is 0.765. The van der Waals surface area contributed by atoms with Gasteiger partial charge in [-0.25, -0.2) is 8.42 Å². The highest BCUT2D eigenvalue weighted by molar-refractivity contribution is 7.99. The number of rotatable bonds is 7. The Bertz CT molecular complexity index is 541. The third kappa shape index (κ3) is 3.37. The molecule has 0 radical (unpaired) electrons. The molecule has 0 aromatic heterocycles. The number of nitrogens with zero attached hydrogens (tertiary/aromatic N) is 3. The lowest BCUT2D eigenvalue weighted by atomic mass is 10.2. The van der Waals surface area contributed by atoms with E-state index in [1.807, 2.05) is 0 Å². The minimum atomic E-state index is -3.40. The van der Waals surface area contributed by atoms with Gasteiger partial charge in [-0.1, -0.05) is 0 Å². The Hall–Kier alpha value is -1.17. The quantitative estimate of drug-likeness (QED) is 0.710. The van der Waals surface area contributed by atoms with Crippen LogP contribution in [0.1, 0.15) is 55.4 Å². The largest absolute Gasteiger partial charge is 0.358 e. The molecule has 0 unspecified atom stereocenters. The Morgan fingerprint density at radius 2 is 1.13 bits per heavy atom. The zero-order valence-corrected chi connectivity index (χ0v) is 16.8. The second-order valence-corrected chi connectivity index (χ2v) is 8.30. The molecule has 0 saturated heterocycles. The van der Waals surface area contributed by atoms with E-state index in [2.05, 4.69) is 56.2 Å². The van der Waals surface area contributed by atoms with Gasteiger partial charge >= 0.3 is 0 Å². The highest BCUT2D eigenvalue weighted by Crippen LogP contribution is 2.37. The topological polar surface area (TPSA) is 43.9 Å². The maximum atomic E-state index is 13.0. The van der Waals surface area contributed by atoms with E-state index in [-0.39, 0.29) is 6.04 Å². The molecule has 1 rings (SSSR count). The summed E-state index contributed by atoms with van der Waals surface area (Å²) in [7, 11) is -3.40. The number of hydrogen-bond acceptors (Lipinski definition) is 5. The first-order chi connectivity index (χ1) is 10.7. The molecule has 0 atom stereocenters. The Kier molecular flexibility index (Phi) is 6.57. The molecule has 1 aliphatic heterocycles. The van der Waals surface area contributed by atoms with E-state index >= 15 is 0 Å². The lowest BCUT2D eigenvalue weighted by Crippen LogP contribution is -2.48. The van der Waals surface area contributed by atoms with Crippen LogP contribution in [0.3, 0.4) is 0 Å².